The molecule has 1 aromatic carbocycles. The van der Waals surface area contributed by atoms with E-state index < -0.39 is 6.36 Å². The van der Waals surface area contributed by atoms with Gasteiger partial charge in [-0.25, -0.2) is 0 Å². The van der Waals surface area contributed by atoms with E-state index in [-0.39, 0.29) is 28.5 Å². The van der Waals surface area contributed by atoms with Crippen molar-refractivity contribution in [1.82, 2.24) is 0 Å². The van der Waals surface area contributed by atoms with E-state index in [0.29, 0.717) is 12.2 Å². The zero-order valence-corrected chi connectivity index (χ0v) is 12.1. The predicted octanol–water partition coefficient (Wildman–Crippen LogP) is 2.84. The summed E-state index contributed by atoms with van der Waals surface area (Å²) in [5.74, 6) is 0.101. The lowest BCUT2D eigenvalue weighted by atomic mass is 9.86. The highest BCUT2D eigenvalue weighted by Gasteiger charge is 2.41. The first kappa shape index (κ1) is 15.4. The second-order valence-electron chi connectivity index (χ2n) is 4.40. The van der Waals surface area contributed by atoms with Gasteiger partial charge in [0.15, 0.2) is 0 Å². The molecule has 0 amide bonds. The van der Waals surface area contributed by atoms with Crippen molar-refractivity contribution >= 4 is 15.9 Å². The maximum atomic E-state index is 12.1. The Kier molecular flexibility index (Phi) is 4.46. The first-order valence-corrected chi connectivity index (χ1v) is 6.60. The molecule has 1 aliphatic carbocycles. The number of hydrogen-bond acceptors (Lipinski definition) is 4. The van der Waals surface area contributed by atoms with Gasteiger partial charge in [-0.15, -0.1) is 13.2 Å². The lowest BCUT2D eigenvalue weighted by molar-refractivity contribution is -0.274. The quantitative estimate of drug-likeness (QED) is 0.902. The van der Waals surface area contributed by atoms with Gasteiger partial charge in [0, 0.05) is 19.6 Å². The summed E-state index contributed by atoms with van der Waals surface area (Å²) in [6.07, 6.45) is -4.50. The minimum absolute atomic E-state index is 0.0822. The maximum absolute atomic E-state index is 12.1. The molecule has 8 heteroatoms. The molecule has 112 valence electrons. The molecule has 3 unspecified atom stereocenters. The number of rotatable bonds is 4. The minimum atomic E-state index is -4.73. The van der Waals surface area contributed by atoms with E-state index in [2.05, 4.69) is 20.7 Å². The molecular formula is C12H13BrF3NO3. The Labute approximate surface area is 122 Å². The van der Waals surface area contributed by atoms with Gasteiger partial charge in [0.25, 0.3) is 0 Å². The summed E-state index contributed by atoms with van der Waals surface area (Å²) in [5.41, 5.74) is 5.74. The van der Waals surface area contributed by atoms with Crippen molar-refractivity contribution in [2.24, 2.45) is 5.73 Å². The van der Waals surface area contributed by atoms with Gasteiger partial charge in [0.05, 0.1) is 4.47 Å². The standard InChI is InChI=1S/C12H13BrF3NO3/c1-18-11-8(17)5-10(11)19-6-2-3-9(7(13)4-6)20-12(14,15)16/h2-4,8,10-11H,5,17H2,1H3. The molecule has 20 heavy (non-hydrogen) atoms. The predicted molar refractivity (Wildman–Crippen MR) is 68.6 cm³/mol. The van der Waals surface area contributed by atoms with Crippen molar-refractivity contribution in [3.8, 4) is 11.5 Å². The van der Waals surface area contributed by atoms with E-state index in [9.17, 15) is 13.2 Å². The first-order chi connectivity index (χ1) is 9.30. The van der Waals surface area contributed by atoms with Crippen LogP contribution in [-0.4, -0.2) is 31.7 Å². The molecule has 0 bridgehead atoms. The summed E-state index contributed by atoms with van der Waals surface area (Å²) in [6.45, 7) is 0. The zero-order valence-electron chi connectivity index (χ0n) is 10.5. The fourth-order valence-corrected chi connectivity index (χ4v) is 2.43. The van der Waals surface area contributed by atoms with Crippen LogP contribution in [0.2, 0.25) is 0 Å². The third-order valence-corrected chi connectivity index (χ3v) is 3.60. The van der Waals surface area contributed by atoms with Crippen molar-refractivity contribution in [2.45, 2.75) is 31.0 Å². The Bertz CT molecular complexity index is 484. The summed E-state index contributed by atoms with van der Waals surface area (Å²) >= 11 is 3.01. The number of alkyl halides is 3. The van der Waals surface area contributed by atoms with Crippen LogP contribution in [0.4, 0.5) is 13.2 Å². The summed E-state index contributed by atoms with van der Waals surface area (Å²) in [6, 6.07) is 3.93. The van der Waals surface area contributed by atoms with E-state index in [0.717, 1.165) is 0 Å². The van der Waals surface area contributed by atoms with E-state index >= 15 is 0 Å². The van der Waals surface area contributed by atoms with Crippen molar-refractivity contribution < 1.29 is 27.4 Å². The van der Waals surface area contributed by atoms with Crippen molar-refractivity contribution in [3.63, 3.8) is 0 Å². The summed E-state index contributed by atoms with van der Waals surface area (Å²) in [4.78, 5) is 0. The highest BCUT2D eigenvalue weighted by molar-refractivity contribution is 9.10. The molecule has 1 fully saturated rings. The Morgan fingerprint density at radius 2 is 2.05 bits per heavy atom. The molecule has 1 saturated carbocycles. The molecule has 2 N–H and O–H groups in total. The molecule has 1 aliphatic rings. The Hall–Kier alpha value is -0.990. The molecule has 0 heterocycles. The average Bonchev–Trinajstić information content (AvgIpc) is 2.31. The van der Waals surface area contributed by atoms with Crippen molar-refractivity contribution in [2.75, 3.05) is 7.11 Å². The number of hydrogen-bond donors (Lipinski definition) is 1. The van der Waals surface area contributed by atoms with Crippen LogP contribution in [0.1, 0.15) is 6.42 Å². The summed E-state index contributed by atoms with van der Waals surface area (Å²) < 4.78 is 51.2. The van der Waals surface area contributed by atoms with Crippen LogP contribution in [-0.2, 0) is 4.74 Å². The molecule has 2 rings (SSSR count). The zero-order chi connectivity index (χ0) is 14.9. The Morgan fingerprint density at radius 3 is 2.55 bits per heavy atom. The summed E-state index contributed by atoms with van der Waals surface area (Å²) in [7, 11) is 1.54. The fraction of sp³-hybridized carbons (Fsp3) is 0.500. The van der Waals surface area contributed by atoms with Gasteiger partial charge in [-0.05, 0) is 34.1 Å². The highest BCUT2D eigenvalue weighted by Crippen LogP contribution is 2.35. The van der Waals surface area contributed by atoms with Gasteiger partial charge < -0.3 is 19.9 Å². The van der Waals surface area contributed by atoms with Gasteiger partial charge in [-0.3, -0.25) is 0 Å². The number of benzene rings is 1. The minimum Gasteiger partial charge on any atom is -0.488 e. The molecule has 3 atom stereocenters. The van der Waals surface area contributed by atoms with Gasteiger partial charge in [0.2, 0.25) is 0 Å². The van der Waals surface area contributed by atoms with E-state index in [1.54, 1.807) is 0 Å². The van der Waals surface area contributed by atoms with Crippen LogP contribution in [0.5, 0.6) is 11.5 Å². The average molecular weight is 356 g/mol. The Balaban J connectivity index is 2.03. The molecule has 0 radical (unpaired) electrons. The smallest absolute Gasteiger partial charge is 0.488 e. The third kappa shape index (κ3) is 3.56. The monoisotopic (exact) mass is 355 g/mol. The molecule has 0 spiro atoms. The summed E-state index contributed by atoms with van der Waals surface area (Å²) in [5, 5.41) is 0. The molecule has 4 nitrogen and oxygen atoms in total. The number of halogens is 4. The van der Waals surface area contributed by atoms with Crippen LogP contribution in [0.15, 0.2) is 22.7 Å². The Morgan fingerprint density at radius 1 is 1.35 bits per heavy atom. The molecule has 0 aromatic heterocycles. The molecule has 0 saturated heterocycles. The lowest BCUT2D eigenvalue weighted by Gasteiger charge is -2.41. The van der Waals surface area contributed by atoms with Crippen LogP contribution in [0.25, 0.3) is 0 Å². The second-order valence-corrected chi connectivity index (χ2v) is 5.25. The fourth-order valence-electron chi connectivity index (χ4n) is 2.00. The number of ether oxygens (including phenoxy) is 3. The third-order valence-electron chi connectivity index (χ3n) is 2.98. The van der Waals surface area contributed by atoms with Gasteiger partial charge >= 0.3 is 6.36 Å². The molecular weight excluding hydrogens is 343 g/mol. The van der Waals surface area contributed by atoms with Crippen LogP contribution < -0.4 is 15.2 Å². The van der Waals surface area contributed by atoms with E-state index in [4.69, 9.17) is 15.2 Å². The largest absolute Gasteiger partial charge is 0.573 e. The van der Waals surface area contributed by atoms with E-state index in [1.165, 1.54) is 25.3 Å². The topological polar surface area (TPSA) is 53.7 Å². The number of methoxy groups -OCH3 is 1. The van der Waals surface area contributed by atoms with Crippen LogP contribution in [0, 0.1) is 0 Å². The van der Waals surface area contributed by atoms with Crippen LogP contribution >= 0.6 is 15.9 Å². The lowest BCUT2D eigenvalue weighted by Crippen LogP contribution is -2.59. The maximum Gasteiger partial charge on any atom is 0.573 e. The van der Waals surface area contributed by atoms with Gasteiger partial charge in [-0.2, -0.15) is 0 Å². The van der Waals surface area contributed by atoms with Crippen LogP contribution in [0.3, 0.4) is 0 Å². The number of nitrogens with two attached hydrogens (primary N) is 1. The SMILES string of the molecule is COC1C(N)CC1Oc1ccc(OC(F)(F)F)c(Br)c1. The normalized spacial score (nSPS) is 26.0. The van der Waals surface area contributed by atoms with Crippen molar-refractivity contribution in [1.29, 1.82) is 0 Å². The molecule has 0 aliphatic heterocycles. The van der Waals surface area contributed by atoms with Gasteiger partial charge in [-0.1, -0.05) is 0 Å². The van der Waals surface area contributed by atoms with Crippen molar-refractivity contribution in [3.05, 3.63) is 22.7 Å². The first-order valence-electron chi connectivity index (χ1n) is 5.80. The van der Waals surface area contributed by atoms with E-state index in [1.807, 2.05) is 0 Å². The molecule has 1 aromatic rings. The highest BCUT2D eigenvalue weighted by atomic mass is 79.9. The van der Waals surface area contributed by atoms with Gasteiger partial charge in [0.1, 0.15) is 23.7 Å². The second kappa shape index (κ2) is 5.79.